The topological polar surface area (TPSA) is 55.1 Å². The maximum Gasteiger partial charge on any atom is 0.251 e. The normalized spacial score (nSPS) is 18.9. The molecule has 0 spiro atoms. The van der Waals surface area contributed by atoms with Gasteiger partial charge in [-0.3, -0.25) is 4.79 Å². The Balaban J connectivity index is 2.00. The van der Waals surface area contributed by atoms with Crippen LogP contribution >= 0.6 is 35.0 Å². The molecule has 0 aliphatic carbocycles. The van der Waals surface area contributed by atoms with E-state index in [0.717, 1.165) is 12.2 Å². The quantitative estimate of drug-likeness (QED) is 0.844. The standard InChI is InChI=1S/C12H14Cl2N2OS/c13-9-3-8(4-10(14)11(9)15)12(17)16-5-7-1-2-18-6-7/h3-4,7H,1-2,5-6,15H2,(H,16,17). The van der Waals surface area contributed by atoms with Crippen molar-refractivity contribution in [3.8, 4) is 0 Å². The van der Waals surface area contributed by atoms with Crippen LogP contribution in [0.25, 0.3) is 0 Å². The zero-order valence-electron chi connectivity index (χ0n) is 9.71. The van der Waals surface area contributed by atoms with Crippen LogP contribution in [-0.2, 0) is 0 Å². The minimum Gasteiger partial charge on any atom is -0.396 e. The molecule has 1 saturated heterocycles. The Hall–Kier alpha value is -0.580. The Morgan fingerprint density at radius 3 is 2.67 bits per heavy atom. The SMILES string of the molecule is Nc1c(Cl)cc(C(=O)NCC2CCSC2)cc1Cl. The number of carbonyl (C=O) groups is 1. The lowest BCUT2D eigenvalue weighted by molar-refractivity contribution is 0.0948. The maximum absolute atomic E-state index is 11.9. The molecule has 18 heavy (non-hydrogen) atoms. The lowest BCUT2D eigenvalue weighted by atomic mass is 10.1. The number of hydrogen-bond donors (Lipinski definition) is 2. The summed E-state index contributed by atoms with van der Waals surface area (Å²) < 4.78 is 0. The summed E-state index contributed by atoms with van der Waals surface area (Å²) in [5.74, 6) is 2.71. The number of amides is 1. The van der Waals surface area contributed by atoms with Gasteiger partial charge in [-0.25, -0.2) is 0 Å². The molecule has 0 radical (unpaired) electrons. The van der Waals surface area contributed by atoms with Crippen molar-refractivity contribution in [1.82, 2.24) is 5.32 Å². The van der Waals surface area contributed by atoms with Crippen molar-refractivity contribution in [2.24, 2.45) is 5.92 Å². The van der Waals surface area contributed by atoms with E-state index in [0.29, 0.717) is 33.8 Å². The van der Waals surface area contributed by atoms with Gasteiger partial charge >= 0.3 is 0 Å². The third-order valence-corrected chi connectivity index (χ3v) is 4.77. The molecule has 0 aromatic heterocycles. The van der Waals surface area contributed by atoms with Gasteiger partial charge in [-0.05, 0) is 36.0 Å². The highest BCUT2D eigenvalue weighted by Gasteiger charge is 2.17. The van der Waals surface area contributed by atoms with E-state index in [1.807, 2.05) is 11.8 Å². The van der Waals surface area contributed by atoms with Crippen LogP contribution in [0, 0.1) is 5.92 Å². The molecule has 1 amide bonds. The number of nitrogens with two attached hydrogens (primary N) is 1. The highest BCUT2D eigenvalue weighted by molar-refractivity contribution is 7.99. The Kier molecular flexibility index (Phi) is 4.65. The van der Waals surface area contributed by atoms with Crippen LogP contribution < -0.4 is 11.1 Å². The van der Waals surface area contributed by atoms with E-state index in [9.17, 15) is 4.79 Å². The minimum atomic E-state index is -0.157. The second-order valence-electron chi connectivity index (χ2n) is 4.29. The van der Waals surface area contributed by atoms with Gasteiger partial charge in [0.2, 0.25) is 0 Å². The van der Waals surface area contributed by atoms with Gasteiger partial charge in [-0.15, -0.1) is 0 Å². The molecule has 2 rings (SSSR count). The van der Waals surface area contributed by atoms with E-state index in [4.69, 9.17) is 28.9 Å². The molecule has 98 valence electrons. The summed E-state index contributed by atoms with van der Waals surface area (Å²) in [5.41, 5.74) is 6.38. The van der Waals surface area contributed by atoms with Crippen molar-refractivity contribution >= 4 is 46.6 Å². The molecule has 1 unspecified atom stereocenters. The molecule has 0 saturated carbocycles. The molecule has 1 aromatic rings. The first-order chi connectivity index (χ1) is 8.58. The molecule has 1 aromatic carbocycles. The monoisotopic (exact) mass is 304 g/mol. The third kappa shape index (κ3) is 3.25. The van der Waals surface area contributed by atoms with Crippen molar-refractivity contribution in [3.63, 3.8) is 0 Å². The zero-order valence-corrected chi connectivity index (χ0v) is 12.0. The fourth-order valence-corrected chi connectivity index (χ4v) is 3.57. The van der Waals surface area contributed by atoms with E-state index in [2.05, 4.69) is 5.32 Å². The summed E-state index contributed by atoms with van der Waals surface area (Å²) in [7, 11) is 0. The number of nitrogen functional groups attached to an aromatic ring is 1. The van der Waals surface area contributed by atoms with Gasteiger partial charge in [-0.1, -0.05) is 23.2 Å². The molecule has 3 nitrogen and oxygen atoms in total. The first-order valence-corrected chi connectivity index (χ1v) is 7.59. The molecular formula is C12H14Cl2N2OS. The van der Waals surface area contributed by atoms with Crippen molar-refractivity contribution in [1.29, 1.82) is 0 Å². The Labute approximate surface area is 120 Å². The number of thioether (sulfide) groups is 1. The predicted molar refractivity (Wildman–Crippen MR) is 78.6 cm³/mol. The molecule has 1 atom stereocenters. The fourth-order valence-electron chi connectivity index (χ4n) is 1.80. The van der Waals surface area contributed by atoms with Crippen LogP contribution in [0.2, 0.25) is 10.0 Å². The van der Waals surface area contributed by atoms with E-state index < -0.39 is 0 Å². The lowest BCUT2D eigenvalue weighted by Gasteiger charge is -2.11. The summed E-state index contributed by atoms with van der Waals surface area (Å²) in [6.45, 7) is 0.700. The van der Waals surface area contributed by atoms with Crippen LogP contribution in [0.4, 0.5) is 5.69 Å². The second kappa shape index (κ2) is 6.04. The summed E-state index contributed by atoms with van der Waals surface area (Å²) in [4.78, 5) is 11.9. The summed E-state index contributed by atoms with van der Waals surface area (Å²) >= 11 is 13.7. The van der Waals surface area contributed by atoms with Gasteiger partial charge in [0.25, 0.3) is 5.91 Å². The Morgan fingerprint density at radius 2 is 2.11 bits per heavy atom. The van der Waals surface area contributed by atoms with Crippen LogP contribution in [-0.4, -0.2) is 24.0 Å². The van der Waals surface area contributed by atoms with Gasteiger partial charge in [0, 0.05) is 12.1 Å². The van der Waals surface area contributed by atoms with Gasteiger partial charge in [0.05, 0.1) is 15.7 Å². The van der Waals surface area contributed by atoms with Crippen LogP contribution in [0.5, 0.6) is 0 Å². The predicted octanol–water partition coefficient (Wildman–Crippen LogP) is 3.06. The molecule has 1 aliphatic rings. The molecule has 1 heterocycles. The highest BCUT2D eigenvalue weighted by atomic mass is 35.5. The van der Waals surface area contributed by atoms with E-state index in [-0.39, 0.29) is 5.91 Å². The van der Waals surface area contributed by atoms with Gasteiger partial charge in [-0.2, -0.15) is 11.8 Å². The molecular weight excluding hydrogens is 291 g/mol. The van der Waals surface area contributed by atoms with Gasteiger partial charge in [0.15, 0.2) is 0 Å². The number of anilines is 1. The molecule has 3 N–H and O–H groups in total. The van der Waals surface area contributed by atoms with E-state index in [1.54, 1.807) is 12.1 Å². The first-order valence-electron chi connectivity index (χ1n) is 5.68. The number of hydrogen-bond acceptors (Lipinski definition) is 3. The van der Waals surface area contributed by atoms with Crippen molar-refractivity contribution in [2.75, 3.05) is 23.8 Å². The van der Waals surface area contributed by atoms with Gasteiger partial charge < -0.3 is 11.1 Å². The number of halogens is 2. The van der Waals surface area contributed by atoms with E-state index in [1.165, 1.54) is 5.75 Å². The number of nitrogens with one attached hydrogen (secondary N) is 1. The molecule has 6 heteroatoms. The molecule has 0 bridgehead atoms. The van der Waals surface area contributed by atoms with Crippen molar-refractivity contribution < 1.29 is 4.79 Å². The Morgan fingerprint density at radius 1 is 1.44 bits per heavy atom. The summed E-state index contributed by atoms with van der Waals surface area (Å²) in [6.07, 6.45) is 1.16. The number of rotatable bonds is 3. The number of benzene rings is 1. The Bertz CT molecular complexity index is 438. The maximum atomic E-state index is 11.9. The minimum absolute atomic E-state index is 0.157. The average molecular weight is 305 g/mol. The summed E-state index contributed by atoms with van der Waals surface area (Å²) in [5, 5.41) is 3.52. The van der Waals surface area contributed by atoms with Crippen molar-refractivity contribution in [3.05, 3.63) is 27.7 Å². The van der Waals surface area contributed by atoms with E-state index >= 15 is 0 Å². The highest BCUT2D eigenvalue weighted by Crippen LogP contribution is 2.29. The smallest absolute Gasteiger partial charge is 0.251 e. The second-order valence-corrected chi connectivity index (χ2v) is 6.26. The molecule has 1 aliphatic heterocycles. The zero-order chi connectivity index (χ0) is 13.1. The van der Waals surface area contributed by atoms with Gasteiger partial charge in [0.1, 0.15) is 0 Å². The van der Waals surface area contributed by atoms with Crippen molar-refractivity contribution in [2.45, 2.75) is 6.42 Å². The van der Waals surface area contributed by atoms with Crippen LogP contribution in [0.3, 0.4) is 0 Å². The lowest BCUT2D eigenvalue weighted by Crippen LogP contribution is -2.29. The average Bonchev–Trinajstić information content (AvgIpc) is 2.85. The first kappa shape index (κ1) is 13.8. The summed E-state index contributed by atoms with van der Waals surface area (Å²) in [6, 6.07) is 3.09. The molecule has 1 fully saturated rings. The fraction of sp³-hybridized carbons (Fsp3) is 0.417. The van der Waals surface area contributed by atoms with Crippen LogP contribution in [0.1, 0.15) is 16.8 Å². The number of carbonyl (C=O) groups excluding carboxylic acids is 1. The van der Waals surface area contributed by atoms with Crippen LogP contribution in [0.15, 0.2) is 12.1 Å². The largest absolute Gasteiger partial charge is 0.396 e. The third-order valence-electron chi connectivity index (χ3n) is 2.92.